The Balaban J connectivity index is 1.74. The molecule has 0 saturated carbocycles. The molecule has 0 aliphatic heterocycles. The van der Waals surface area contributed by atoms with Crippen molar-refractivity contribution in [1.82, 2.24) is 13.9 Å². The molecule has 0 aliphatic carbocycles. The van der Waals surface area contributed by atoms with Gasteiger partial charge >= 0.3 is 0 Å². The van der Waals surface area contributed by atoms with Crippen molar-refractivity contribution >= 4 is 28.0 Å². The molecule has 0 saturated heterocycles. The van der Waals surface area contributed by atoms with Crippen molar-refractivity contribution < 1.29 is 5.11 Å². The highest BCUT2D eigenvalue weighted by Gasteiger charge is 2.16. The lowest BCUT2D eigenvalue weighted by molar-refractivity contribution is 0.439. The maximum atomic E-state index is 12.9. The van der Waals surface area contributed by atoms with Crippen molar-refractivity contribution in [2.24, 2.45) is 10.2 Å². The van der Waals surface area contributed by atoms with Crippen molar-refractivity contribution in [2.75, 3.05) is 0 Å². The first-order chi connectivity index (χ1) is 14.6. The van der Waals surface area contributed by atoms with Gasteiger partial charge in [0.1, 0.15) is 5.69 Å². The summed E-state index contributed by atoms with van der Waals surface area (Å²) in [5.74, 6) is 0.0688. The smallest absolute Gasteiger partial charge is 0.283 e. The van der Waals surface area contributed by atoms with Gasteiger partial charge in [0, 0.05) is 17.1 Å². The number of aromatic nitrogens is 3. The molecular formula is C21H14N6O2S. The summed E-state index contributed by atoms with van der Waals surface area (Å²) in [4.78, 5) is 20.5. The van der Waals surface area contributed by atoms with Crippen LogP contribution in [-0.4, -0.2) is 19.0 Å². The van der Waals surface area contributed by atoms with E-state index in [9.17, 15) is 9.90 Å². The van der Waals surface area contributed by atoms with E-state index in [1.54, 1.807) is 24.3 Å². The lowest BCUT2D eigenvalue weighted by Gasteiger charge is -2.11. The number of aryl methyl sites for hydroxylation is 1. The quantitative estimate of drug-likeness (QED) is 0.360. The SMILES string of the molecule is [C-]#[N+]c1cc(N=Nc2nc(-c3ccccc3)ns2)c(=O)n(-c2ccc(C)cc2)c1O. The first kappa shape index (κ1) is 19.2. The largest absolute Gasteiger partial charge is 0.502 e. The monoisotopic (exact) mass is 414 g/mol. The normalized spacial score (nSPS) is 10.9. The topological polar surface area (TPSA) is 97.1 Å². The van der Waals surface area contributed by atoms with Crippen LogP contribution in [0, 0.1) is 13.5 Å². The predicted molar refractivity (Wildman–Crippen MR) is 114 cm³/mol. The van der Waals surface area contributed by atoms with Crippen molar-refractivity contribution in [2.45, 2.75) is 6.92 Å². The molecule has 0 aliphatic rings. The fraction of sp³-hybridized carbons (Fsp3) is 0.0476. The average molecular weight is 414 g/mol. The number of pyridine rings is 1. The van der Waals surface area contributed by atoms with Gasteiger partial charge in [-0.25, -0.2) is 4.85 Å². The van der Waals surface area contributed by atoms with E-state index in [1.165, 1.54) is 6.07 Å². The first-order valence-corrected chi connectivity index (χ1v) is 9.58. The van der Waals surface area contributed by atoms with Gasteiger partial charge in [-0.3, -0.25) is 9.36 Å². The summed E-state index contributed by atoms with van der Waals surface area (Å²) in [5.41, 5.74) is 1.48. The van der Waals surface area contributed by atoms with Gasteiger partial charge in [-0.1, -0.05) is 48.0 Å². The zero-order valence-electron chi connectivity index (χ0n) is 15.7. The molecule has 9 heteroatoms. The van der Waals surface area contributed by atoms with Crippen LogP contribution >= 0.6 is 11.5 Å². The Morgan fingerprint density at radius 1 is 1.10 bits per heavy atom. The standard InChI is InChI=1S/C21H14N6O2S/c1-13-8-10-15(11-9-13)27-19(28)16(22-2)12-17(20(27)29)24-25-21-23-18(26-30-21)14-6-4-3-5-7-14/h3-12,28H,1H3. The number of hydrogen-bond acceptors (Lipinski definition) is 7. The Morgan fingerprint density at radius 2 is 1.83 bits per heavy atom. The van der Waals surface area contributed by atoms with E-state index in [1.807, 2.05) is 37.3 Å². The summed E-state index contributed by atoms with van der Waals surface area (Å²) >= 11 is 1.04. The van der Waals surface area contributed by atoms with E-state index in [4.69, 9.17) is 6.57 Å². The van der Waals surface area contributed by atoms with Gasteiger partial charge in [-0.2, -0.15) is 9.36 Å². The molecule has 2 heterocycles. The third-order valence-electron chi connectivity index (χ3n) is 4.24. The number of hydrogen-bond donors (Lipinski definition) is 1. The van der Waals surface area contributed by atoms with Crippen molar-refractivity contribution in [3.05, 3.63) is 88.0 Å². The molecule has 146 valence electrons. The second-order valence-electron chi connectivity index (χ2n) is 6.29. The molecular weight excluding hydrogens is 400 g/mol. The van der Waals surface area contributed by atoms with Gasteiger partial charge in [-0.15, -0.1) is 10.2 Å². The highest BCUT2D eigenvalue weighted by molar-refractivity contribution is 7.09. The van der Waals surface area contributed by atoms with Crippen LogP contribution in [0.25, 0.3) is 21.9 Å². The summed E-state index contributed by atoms with van der Waals surface area (Å²) < 4.78 is 5.29. The van der Waals surface area contributed by atoms with Gasteiger partial charge in [0.15, 0.2) is 5.82 Å². The van der Waals surface area contributed by atoms with Crippen molar-refractivity contribution in [1.29, 1.82) is 0 Å². The summed E-state index contributed by atoms with van der Waals surface area (Å²) in [6.45, 7) is 9.21. The summed E-state index contributed by atoms with van der Waals surface area (Å²) in [6, 6.07) is 17.6. The Hall–Kier alpha value is -4.16. The lowest BCUT2D eigenvalue weighted by Crippen LogP contribution is -2.17. The van der Waals surface area contributed by atoms with Gasteiger partial charge in [0.25, 0.3) is 5.56 Å². The minimum Gasteiger partial charge on any atom is -0.502 e. The van der Waals surface area contributed by atoms with Crippen LogP contribution in [0.5, 0.6) is 5.88 Å². The molecule has 1 N–H and O–H groups in total. The highest BCUT2D eigenvalue weighted by atomic mass is 32.1. The molecule has 4 aromatic rings. The molecule has 0 unspecified atom stereocenters. The molecule has 30 heavy (non-hydrogen) atoms. The Kier molecular flexibility index (Phi) is 5.15. The molecule has 0 fully saturated rings. The average Bonchev–Trinajstić information content (AvgIpc) is 3.24. The molecule has 2 aromatic heterocycles. The summed E-state index contributed by atoms with van der Waals surface area (Å²) in [6.07, 6.45) is 0. The van der Waals surface area contributed by atoms with E-state index in [0.29, 0.717) is 11.5 Å². The third kappa shape index (κ3) is 3.72. The van der Waals surface area contributed by atoms with E-state index < -0.39 is 11.4 Å². The van der Waals surface area contributed by atoms with Crippen molar-refractivity contribution in [3.8, 4) is 23.0 Å². The maximum absolute atomic E-state index is 12.9. The van der Waals surface area contributed by atoms with Gasteiger partial charge < -0.3 is 5.11 Å². The van der Waals surface area contributed by atoms with Crippen LogP contribution in [0.3, 0.4) is 0 Å². The third-order valence-corrected chi connectivity index (χ3v) is 4.84. The highest BCUT2D eigenvalue weighted by Crippen LogP contribution is 2.31. The zero-order valence-corrected chi connectivity index (χ0v) is 16.5. The minimum absolute atomic E-state index is 0.0872. The second kappa shape index (κ2) is 8.06. The number of azo groups is 1. The molecule has 8 nitrogen and oxygen atoms in total. The van der Waals surface area contributed by atoms with Gasteiger partial charge in [0.05, 0.1) is 12.3 Å². The first-order valence-electron chi connectivity index (χ1n) is 8.81. The maximum Gasteiger partial charge on any atom is 0.283 e. The van der Waals surface area contributed by atoms with E-state index in [2.05, 4.69) is 24.4 Å². The van der Waals surface area contributed by atoms with E-state index >= 15 is 0 Å². The van der Waals surface area contributed by atoms with E-state index in [0.717, 1.165) is 27.2 Å². The molecule has 0 atom stereocenters. The fourth-order valence-electron chi connectivity index (χ4n) is 2.73. The number of nitrogens with zero attached hydrogens (tertiary/aromatic N) is 6. The van der Waals surface area contributed by atoms with E-state index in [-0.39, 0.29) is 16.5 Å². The van der Waals surface area contributed by atoms with Crippen LogP contribution in [0.4, 0.5) is 16.5 Å². The van der Waals surface area contributed by atoms with Gasteiger partial charge in [-0.05, 0) is 25.1 Å². The number of aromatic hydroxyl groups is 1. The van der Waals surface area contributed by atoms with Crippen LogP contribution in [0.2, 0.25) is 0 Å². The zero-order chi connectivity index (χ0) is 21.1. The fourth-order valence-corrected chi connectivity index (χ4v) is 3.24. The molecule has 2 aromatic carbocycles. The number of rotatable bonds is 4. The van der Waals surface area contributed by atoms with Gasteiger partial charge in [0.2, 0.25) is 16.7 Å². The Morgan fingerprint density at radius 3 is 2.53 bits per heavy atom. The summed E-state index contributed by atoms with van der Waals surface area (Å²) in [5, 5.41) is 18.7. The molecule has 0 bridgehead atoms. The second-order valence-corrected chi connectivity index (χ2v) is 7.02. The Labute approximate surface area is 175 Å². The van der Waals surface area contributed by atoms with Crippen LogP contribution in [0.15, 0.2) is 75.7 Å². The molecule has 4 rings (SSSR count). The van der Waals surface area contributed by atoms with Crippen LogP contribution < -0.4 is 5.56 Å². The summed E-state index contributed by atoms with van der Waals surface area (Å²) in [7, 11) is 0. The molecule has 0 amide bonds. The number of benzene rings is 2. The lowest BCUT2D eigenvalue weighted by atomic mass is 10.2. The Bertz CT molecular complexity index is 1330. The van der Waals surface area contributed by atoms with Crippen molar-refractivity contribution in [3.63, 3.8) is 0 Å². The molecule has 0 spiro atoms. The van der Waals surface area contributed by atoms with Crippen LogP contribution in [-0.2, 0) is 0 Å². The molecule has 0 radical (unpaired) electrons. The van der Waals surface area contributed by atoms with Crippen LogP contribution in [0.1, 0.15) is 5.56 Å². The predicted octanol–water partition coefficient (Wildman–Crippen LogP) is 5.34. The minimum atomic E-state index is -0.597.